The van der Waals surface area contributed by atoms with E-state index >= 15 is 0 Å². The van der Waals surface area contributed by atoms with Gasteiger partial charge in [-0.05, 0) is 20.9 Å². The fraction of sp³-hybridized carbons (Fsp3) is 0.556. The van der Waals surface area contributed by atoms with Crippen molar-refractivity contribution in [1.29, 1.82) is 0 Å². The second-order valence-electron chi connectivity index (χ2n) is 3.29. The fourth-order valence-electron chi connectivity index (χ4n) is 1.03. The largest absolute Gasteiger partial charge is 0.480 e. The van der Waals surface area contributed by atoms with Crippen LogP contribution in [0.2, 0.25) is 0 Å². The molecule has 1 rings (SSSR count). The lowest BCUT2D eigenvalue weighted by atomic mass is 10.3. The van der Waals surface area contributed by atoms with Crippen LogP contribution in [0.25, 0.3) is 0 Å². The van der Waals surface area contributed by atoms with E-state index in [1.165, 1.54) is 0 Å². The van der Waals surface area contributed by atoms with Gasteiger partial charge in [-0.2, -0.15) is 0 Å². The zero-order valence-electron chi connectivity index (χ0n) is 8.52. The molecule has 78 valence electrons. The van der Waals surface area contributed by atoms with Crippen LogP contribution in [0.4, 0.5) is 0 Å². The Kier molecular flexibility index (Phi) is 3.60. The summed E-state index contributed by atoms with van der Waals surface area (Å²) < 4.78 is 0. The summed E-state index contributed by atoms with van der Waals surface area (Å²) in [6.45, 7) is 4.26. The van der Waals surface area contributed by atoms with Crippen molar-refractivity contribution in [3.8, 4) is 0 Å². The smallest absolute Gasteiger partial charge is 0.320 e. The van der Waals surface area contributed by atoms with E-state index in [4.69, 9.17) is 5.11 Å². The van der Waals surface area contributed by atoms with Gasteiger partial charge in [0.2, 0.25) is 0 Å². The van der Waals surface area contributed by atoms with Gasteiger partial charge in [-0.15, -0.1) is 11.3 Å². The number of likely N-dealkylation sites (N-methyl/N-ethyl adjacent to an activating group) is 1. The average Bonchev–Trinajstić information content (AvgIpc) is 2.50. The second kappa shape index (κ2) is 4.52. The number of nitrogens with zero attached hydrogens (tertiary/aromatic N) is 2. The van der Waals surface area contributed by atoms with Crippen molar-refractivity contribution in [2.45, 2.75) is 26.4 Å². The highest BCUT2D eigenvalue weighted by atomic mass is 32.1. The Morgan fingerprint density at radius 3 is 2.86 bits per heavy atom. The molecule has 0 radical (unpaired) electrons. The van der Waals surface area contributed by atoms with Gasteiger partial charge in [0.05, 0.1) is 11.2 Å². The molecule has 1 N–H and O–H groups in total. The first-order valence-electron chi connectivity index (χ1n) is 4.34. The maximum Gasteiger partial charge on any atom is 0.320 e. The molecule has 0 aliphatic carbocycles. The third-order valence-electron chi connectivity index (χ3n) is 2.26. The number of thiazole rings is 1. The molecular formula is C9H14N2O2S. The summed E-state index contributed by atoms with van der Waals surface area (Å²) >= 11 is 1.56. The minimum atomic E-state index is -0.797. The van der Waals surface area contributed by atoms with E-state index in [0.717, 1.165) is 10.6 Å². The first-order valence-corrected chi connectivity index (χ1v) is 5.22. The minimum Gasteiger partial charge on any atom is -0.480 e. The van der Waals surface area contributed by atoms with Gasteiger partial charge >= 0.3 is 5.97 Å². The van der Waals surface area contributed by atoms with Crippen LogP contribution in [0.15, 0.2) is 5.51 Å². The molecule has 1 aromatic rings. The maximum absolute atomic E-state index is 10.7. The molecule has 0 saturated carbocycles. The minimum absolute atomic E-state index is 0.462. The van der Waals surface area contributed by atoms with Crippen LogP contribution in [0, 0.1) is 6.92 Å². The Bertz CT molecular complexity index is 324. The van der Waals surface area contributed by atoms with Gasteiger partial charge in [-0.1, -0.05) is 0 Å². The van der Waals surface area contributed by atoms with Crippen LogP contribution in [-0.2, 0) is 11.3 Å². The number of aryl methyl sites for hydroxylation is 1. The lowest BCUT2D eigenvalue weighted by molar-refractivity contribution is -0.142. The highest BCUT2D eigenvalue weighted by Crippen LogP contribution is 2.15. The molecule has 0 spiro atoms. The molecule has 1 heterocycles. The van der Waals surface area contributed by atoms with Gasteiger partial charge in [0.15, 0.2) is 0 Å². The lowest BCUT2D eigenvalue weighted by Gasteiger charge is -2.20. The standard InChI is InChI=1S/C9H14N2O2S/c1-6-8(14-5-10-6)4-11(3)7(2)9(12)13/h5,7H,4H2,1-3H3,(H,12,13). The number of hydrogen-bond donors (Lipinski definition) is 1. The van der Waals surface area contributed by atoms with Crippen LogP contribution in [0.5, 0.6) is 0 Å². The Labute approximate surface area is 87.2 Å². The summed E-state index contributed by atoms with van der Waals surface area (Å²) in [6, 6.07) is -0.462. The van der Waals surface area contributed by atoms with E-state index in [2.05, 4.69) is 4.98 Å². The first-order chi connectivity index (χ1) is 6.52. The van der Waals surface area contributed by atoms with E-state index in [0.29, 0.717) is 6.54 Å². The molecule has 0 saturated heterocycles. The lowest BCUT2D eigenvalue weighted by Crippen LogP contribution is -2.35. The fourth-order valence-corrected chi connectivity index (χ4v) is 1.87. The molecule has 0 bridgehead atoms. The van der Waals surface area contributed by atoms with Crippen LogP contribution >= 0.6 is 11.3 Å². The number of carboxylic acid groups (broad SMARTS) is 1. The van der Waals surface area contributed by atoms with Crippen LogP contribution in [0.3, 0.4) is 0 Å². The number of rotatable bonds is 4. The number of aromatic nitrogens is 1. The van der Waals surface area contributed by atoms with E-state index in [1.807, 2.05) is 6.92 Å². The van der Waals surface area contributed by atoms with Gasteiger partial charge in [0, 0.05) is 11.4 Å². The summed E-state index contributed by atoms with van der Waals surface area (Å²) in [7, 11) is 1.80. The van der Waals surface area contributed by atoms with Crippen LogP contribution in [0.1, 0.15) is 17.5 Å². The zero-order chi connectivity index (χ0) is 10.7. The predicted octanol–water partition coefficient (Wildman–Crippen LogP) is 1.36. The summed E-state index contributed by atoms with van der Waals surface area (Å²) in [5.74, 6) is -0.797. The molecular weight excluding hydrogens is 200 g/mol. The normalized spacial score (nSPS) is 13.1. The number of carbonyl (C=O) groups is 1. The molecule has 0 aliphatic rings. The van der Waals surface area contributed by atoms with Crippen molar-refractivity contribution in [2.24, 2.45) is 0 Å². The summed E-state index contributed by atoms with van der Waals surface area (Å²) in [5.41, 5.74) is 2.77. The summed E-state index contributed by atoms with van der Waals surface area (Å²) in [4.78, 5) is 17.7. The highest BCUT2D eigenvalue weighted by molar-refractivity contribution is 7.09. The van der Waals surface area contributed by atoms with Crippen molar-refractivity contribution in [3.05, 3.63) is 16.1 Å². The van der Waals surface area contributed by atoms with Gasteiger partial charge in [0.25, 0.3) is 0 Å². The Morgan fingerprint density at radius 1 is 1.79 bits per heavy atom. The summed E-state index contributed by atoms with van der Waals surface area (Å²) in [6.07, 6.45) is 0. The quantitative estimate of drug-likeness (QED) is 0.822. The molecule has 5 heteroatoms. The Balaban J connectivity index is 2.61. The van der Waals surface area contributed by atoms with Gasteiger partial charge in [0.1, 0.15) is 6.04 Å². The molecule has 14 heavy (non-hydrogen) atoms. The average molecular weight is 214 g/mol. The molecule has 1 unspecified atom stereocenters. The summed E-state index contributed by atoms with van der Waals surface area (Å²) in [5, 5.41) is 8.80. The third kappa shape index (κ3) is 2.52. The number of hydrogen-bond acceptors (Lipinski definition) is 4. The highest BCUT2D eigenvalue weighted by Gasteiger charge is 2.17. The van der Waals surface area contributed by atoms with Crippen molar-refractivity contribution in [3.63, 3.8) is 0 Å². The Morgan fingerprint density at radius 2 is 2.43 bits per heavy atom. The topological polar surface area (TPSA) is 53.4 Å². The van der Waals surface area contributed by atoms with Crippen molar-refractivity contribution in [1.82, 2.24) is 9.88 Å². The first kappa shape index (κ1) is 11.1. The van der Waals surface area contributed by atoms with Gasteiger partial charge < -0.3 is 5.11 Å². The van der Waals surface area contributed by atoms with Gasteiger partial charge in [-0.3, -0.25) is 9.69 Å². The van der Waals surface area contributed by atoms with E-state index in [9.17, 15) is 4.79 Å². The molecule has 4 nitrogen and oxygen atoms in total. The second-order valence-corrected chi connectivity index (χ2v) is 4.23. The van der Waals surface area contributed by atoms with E-state index in [1.54, 1.807) is 35.7 Å². The molecule has 0 fully saturated rings. The monoisotopic (exact) mass is 214 g/mol. The van der Waals surface area contributed by atoms with Crippen molar-refractivity contribution >= 4 is 17.3 Å². The Hall–Kier alpha value is -0.940. The van der Waals surface area contributed by atoms with Crippen LogP contribution < -0.4 is 0 Å². The number of carboxylic acids is 1. The molecule has 1 atom stereocenters. The van der Waals surface area contributed by atoms with Crippen molar-refractivity contribution < 1.29 is 9.90 Å². The molecule has 0 amide bonds. The SMILES string of the molecule is Cc1ncsc1CN(C)C(C)C(=O)O. The van der Waals surface area contributed by atoms with E-state index in [-0.39, 0.29) is 0 Å². The van der Waals surface area contributed by atoms with E-state index < -0.39 is 12.0 Å². The molecule has 0 aliphatic heterocycles. The van der Waals surface area contributed by atoms with Crippen LogP contribution in [-0.4, -0.2) is 34.0 Å². The zero-order valence-corrected chi connectivity index (χ0v) is 9.34. The molecule has 1 aromatic heterocycles. The predicted molar refractivity (Wildman–Crippen MR) is 55.4 cm³/mol. The maximum atomic E-state index is 10.7. The third-order valence-corrected chi connectivity index (χ3v) is 3.18. The van der Waals surface area contributed by atoms with Crippen molar-refractivity contribution in [2.75, 3.05) is 7.05 Å². The number of aliphatic carboxylic acids is 1. The molecule has 0 aromatic carbocycles. The van der Waals surface area contributed by atoms with Gasteiger partial charge in [-0.25, -0.2) is 4.98 Å².